The van der Waals surface area contributed by atoms with Crippen LogP contribution in [0.2, 0.25) is 0 Å². The fourth-order valence-corrected chi connectivity index (χ4v) is 3.65. The molecule has 1 N–H and O–H groups in total. The smallest absolute Gasteiger partial charge is 0.326 e. The topological polar surface area (TPSA) is 153 Å². The molecule has 1 aliphatic heterocycles. The van der Waals surface area contributed by atoms with Crippen LogP contribution in [0.1, 0.15) is 36.6 Å². The maximum absolute atomic E-state index is 12.8. The zero-order chi connectivity index (χ0) is 25.8. The van der Waals surface area contributed by atoms with Gasteiger partial charge in [0.1, 0.15) is 12.1 Å². The molecule has 0 fully saturated rings. The highest BCUT2D eigenvalue weighted by atomic mass is 16.6. The van der Waals surface area contributed by atoms with E-state index < -0.39 is 53.0 Å². The van der Waals surface area contributed by atoms with E-state index in [1.807, 2.05) is 0 Å². The number of ether oxygens (including phenoxy) is 1. The predicted molar refractivity (Wildman–Crippen MR) is 124 cm³/mol. The fraction of sp³-hybridized carbons (Fsp3) is 0.0800. The van der Waals surface area contributed by atoms with Gasteiger partial charge in [0.15, 0.2) is 12.4 Å². The summed E-state index contributed by atoms with van der Waals surface area (Å²) in [4.78, 5) is 73.3. The third-order valence-electron chi connectivity index (χ3n) is 5.31. The molecule has 0 saturated heterocycles. The Morgan fingerprint density at radius 1 is 0.889 bits per heavy atom. The van der Waals surface area contributed by atoms with Gasteiger partial charge in [0.25, 0.3) is 23.4 Å². The van der Waals surface area contributed by atoms with E-state index in [0.29, 0.717) is 10.5 Å². The number of ketones is 1. The van der Waals surface area contributed by atoms with Crippen LogP contribution in [0.25, 0.3) is 0 Å². The second-order valence-electron chi connectivity index (χ2n) is 7.60. The number of hydrogen-bond donors (Lipinski definition) is 1. The molecule has 180 valence electrons. The molecule has 0 radical (unpaired) electrons. The Bertz CT molecular complexity index is 1420. The SMILES string of the molecule is O=C(COC(=O)CN1C(=O)c2cccc([N+](=O)[O-])c2C1=O)Nc1ccccc1C(=O)c1ccccc1. The lowest BCUT2D eigenvalue weighted by atomic mass is 10.0. The average molecular weight is 487 g/mol. The summed E-state index contributed by atoms with van der Waals surface area (Å²) in [7, 11) is 0. The normalized spacial score (nSPS) is 12.2. The van der Waals surface area contributed by atoms with Crippen LogP contribution >= 0.6 is 0 Å². The van der Waals surface area contributed by atoms with Crippen molar-refractivity contribution in [3.63, 3.8) is 0 Å². The number of nitro benzene ring substituents is 1. The van der Waals surface area contributed by atoms with Gasteiger partial charge in [-0.1, -0.05) is 48.5 Å². The van der Waals surface area contributed by atoms with Crippen molar-refractivity contribution in [2.24, 2.45) is 0 Å². The van der Waals surface area contributed by atoms with Crippen LogP contribution in [-0.4, -0.2) is 52.4 Å². The average Bonchev–Trinajstić information content (AvgIpc) is 3.12. The zero-order valence-corrected chi connectivity index (χ0v) is 18.5. The fourth-order valence-electron chi connectivity index (χ4n) is 3.65. The van der Waals surface area contributed by atoms with Crippen LogP contribution in [0.4, 0.5) is 11.4 Å². The number of hydrogen-bond acceptors (Lipinski definition) is 8. The molecule has 0 spiro atoms. The molecule has 36 heavy (non-hydrogen) atoms. The first-order valence-corrected chi connectivity index (χ1v) is 10.6. The van der Waals surface area contributed by atoms with Crippen molar-refractivity contribution in [2.45, 2.75) is 0 Å². The van der Waals surface area contributed by atoms with Crippen molar-refractivity contribution < 1.29 is 33.6 Å². The molecule has 3 amide bonds. The number of rotatable bonds is 8. The van der Waals surface area contributed by atoms with Gasteiger partial charge in [-0.15, -0.1) is 0 Å². The maximum Gasteiger partial charge on any atom is 0.326 e. The number of benzene rings is 3. The second kappa shape index (κ2) is 9.97. The summed E-state index contributed by atoms with van der Waals surface area (Å²) in [6.45, 7) is -1.59. The molecule has 0 aromatic heterocycles. The molecule has 0 bridgehead atoms. The first-order valence-electron chi connectivity index (χ1n) is 10.6. The van der Waals surface area contributed by atoms with E-state index in [2.05, 4.69) is 5.32 Å². The summed E-state index contributed by atoms with van der Waals surface area (Å²) in [5.74, 6) is -4.03. The molecule has 0 saturated carbocycles. The lowest BCUT2D eigenvalue weighted by Crippen LogP contribution is -2.36. The lowest BCUT2D eigenvalue weighted by Gasteiger charge is -2.13. The van der Waals surface area contributed by atoms with E-state index in [4.69, 9.17) is 4.74 Å². The predicted octanol–water partition coefficient (Wildman–Crippen LogP) is 2.60. The van der Waals surface area contributed by atoms with Crippen LogP contribution in [-0.2, 0) is 14.3 Å². The highest BCUT2D eigenvalue weighted by molar-refractivity contribution is 6.24. The third-order valence-corrected chi connectivity index (χ3v) is 5.31. The number of para-hydroxylation sites is 1. The van der Waals surface area contributed by atoms with Crippen molar-refractivity contribution in [1.82, 2.24) is 4.90 Å². The molecule has 3 aromatic carbocycles. The molecule has 1 aliphatic rings. The number of carbonyl (C=O) groups excluding carboxylic acids is 5. The Hall–Kier alpha value is -5.19. The van der Waals surface area contributed by atoms with Gasteiger partial charge in [-0.2, -0.15) is 0 Å². The standard InChI is InChI=1S/C25H17N3O8/c29-20(26-18-11-5-4-9-16(18)23(31)15-7-2-1-3-8-15)14-36-21(30)13-27-24(32)17-10-6-12-19(28(34)35)22(17)25(27)33/h1-12H,13-14H2,(H,26,29). The Balaban J connectivity index is 1.38. The molecule has 11 nitrogen and oxygen atoms in total. The van der Waals surface area contributed by atoms with E-state index in [1.54, 1.807) is 48.5 Å². The monoisotopic (exact) mass is 487 g/mol. The van der Waals surface area contributed by atoms with Gasteiger partial charge in [0.2, 0.25) is 0 Å². The number of nitrogens with one attached hydrogen (secondary N) is 1. The first-order chi connectivity index (χ1) is 17.3. The Kier molecular flexibility index (Phi) is 6.63. The Morgan fingerprint density at radius 3 is 2.31 bits per heavy atom. The van der Waals surface area contributed by atoms with Crippen LogP contribution in [0.3, 0.4) is 0 Å². The number of anilines is 1. The second-order valence-corrected chi connectivity index (χ2v) is 7.60. The highest BCUT2D eigenvalue weighted by Crippen LogP contribution is 2.30. The molecule has 4 rings (SSSR count). The Morgan fingerprint density at radius 2 is 1.58 bits per heavy atom. The van der Waals surface area contributed by atoms with Crippen molar-refractivity contribution in [3.8, 4) is 0 Å². The first kappa shape index (κ1) is 24.0. The number of fused-ring (bicyclic) bond motifs is 1. The van der Waals surface area contributed by atoms with Gasteiger partial charge >= 0.3 is 5.97 Å². The van der Waals surface area contributed by atoms with Crippen molar-refractivity contribution in [1.29, 1.82) is 0 Å². The van der Waals surface area contributed by atoms with E-state index in [0.717, 1.165) is 6.07 Å². The summed E-state index contributed by atoms with van der Waals surface area (Å²) in [6, 6.07) is 18.3. The van der Waals surface area contributed by atoms with Gasteiger partial charge in [0.05, 0.1) is 16.2 Å². The number of nitro groups is 1. The van der Waals surface area contributed by atoms with Crippen LogP contribution in [0.15, 0.2) is 72.8 Å². The highest BCUT2D eigenvalue weighted by Gasteiger charge is 2.42. The van der Waals surface area contributed by atoms with Crippen molar-refractivity contribution in [2.75, 3.05) is 18.5 Å². The number of imide groups is 1. The summed E-state index contributed by atoms with van der Waals surface area (Å²) in [5.41, 5.74) is -0.287. The van der Waals surface area contributed by atoms with Gasteiger partial charge in [-0.25, -0.2) is 0 Å². The summed E-state index contributed by atoms with van der Waals surface area (Å²) in [5, 5.41) is 13.7. The molecule has 1 heterocycles. The number of esters is 1. The summed E-state index contributed by atoms with van der Waals surface area (Å²) >= 11 is 0. The molecular weight excluding hydrogens is 470 g/mol. The van der Waals surface area contributed by atoms with E-state index in [9.17, 15) is 34.1 Å². The summed E-state index contributed by atoms with van der Waals surface area (Å²) in [6.07, 6.45) is 0. The van der Waals surface area contributed by atoms with Crippen LogP contribution < -0.4 is 5.32 Å². The Labute approximate surface area is 203 Å². The van der Waals surface area contributed by atoms with Crippen LogP contribution in [0.5, 0.6) is 0 Å². The quantitative estimate of drug-likeness (QED) is 0.167. The molecule has 0 aliphatic carbocycles. The van der Waals surface area contributed by atoms with Crippen molar-refractivity contribution >= 4 is 40.8 Å². The zero-order valence-electron chi connectivity index (χ0n) is 18.5. The van der Waals surface area contributed by atoms with E-state index in [1.165, 1.54) is 18.2 Å². The minimum atomic E-state index is -1.07. The van der Waals surface area contributed by atoms with Gasteiger partial charge < -0.3 is 10.1 Å². The third kappa shape index (κ3) is 4.71. The molecule has 11 heteroatoms. The summed E-state index contributed by atoms with van der Waals surface area (Å²) < 4.78 is 4.88. The van der Waals surface area contributed by atoms with Gasteiger partial charge in [0, 0.05) is 17.2 Å². The number of nitrogens with zero attached hydrogens (tertiary/aromatic N) is 2. The van der Waals surface area contributed by atoms with E-state index >= 15 is 0 Å². The van der Waals surface area contributed by atoms with Gasteiger partial charge in [-0.3, -0.25) is 39.0 Å². The molecule has 0 atom stereocenters. The number of carbonyl (C=O) groups is 5. The van der Waals surface area contributed by atoms with Gasteiger partial charge in [-0.05, 0) is 18.2 Å². The largest absolute Gasteiger partial charge is 0.454 e. The maximum atomic E-state index is 12.8. The van der Waals surface area contributed by atoms with E-state index in [-0.39, 0.29) is 22.6 Å². The minimum absolute atomic E-state index is 0.195. The van der Waals surface area contributed by atoms with Crippen molar-refractivity contribution in [3.05, 3.63) is 105 Å². The minimum Gasteiger partial charge on any atom is -0.454 e. The molecular formula is C25H17N3O8. The molecule has 0 unspecified atom stereocenters. The number of amides is 3. The lowest BCUT2D eigenvalue weighted by molar-refractivity contribution is -0.385. The van der Waals surface area contributed by atoms with Crippen LogP contribution in [0, 0.1) is 10.1 Å². The molecule has 3 aromatic rings.